The van der Waals surface area contributed by atoms with Gasteiger partial charge in [0.25, 0.3) is 0 Å². The second-order valence-electron chi connectivity index (χ2n) is 5.35. The summed E-state index contributed by atoms with van der Waals surface area (Å²) >= 11 is 0. The van der Waals surface area contributed by atoms with Crippen molar-refractivity contribution in [2.24, 2.45) is 0 Å². The van der Waals surface area contributed by atoms with Crippen molar-refractivity contribution < 1.29 is 4.42 Å². The second-order valence-corrected chi connectivity index (χ2v) is 5.35. The lowest BCUT2D eigenvalue weighted by Gasteiger charge is -2.35. The Kier molecular flexibility index (Phi) is 3.48. The van der Waals surface area contributed by atoms with Crippen LogP contribution in [0.3, 0.4) is 0 Å². The van der Waals surface area contributed by atoms with E-state index in [2.05, 4.69) is 15.9 Å². The predicted molar refractivity (Wildman–Crippen MR) is 67.8 cm³/mol. The molecule has 0 saturated carbocycles. The van der Waals surface area contributed by atoms with Gasteiger partial charge >= 0.3 is 0 Å². The standard InChI is InChI=1S/C14H22N2O/c1-2-8-16-9-4-7-15(11-13(16)5-1)12-14-6-3-10-17-14/h3,6,10,13H,1-2,4-5,7-9,11-12H2. The van der Waals surface area contributed by atoms with E-state index in [0.29, 0.717) is 0 Å². The van der Waals surface area contributed by atoms with Crippen LogP contribution in [0.15, 0.2) is 22.8 Å². The Hall–Kier alpha value is -0.800. The van der Waals surface area contributed by atoms with E-state index in [1.54, 1.807) is 6.26 Å². The fourth-order valence-electron chi connectivity index (χ4n) is 3.21. The minimum Gasteiger partial charge on any atom is -0.468 e. The maximum absolute atomic E-state index is 5.46. The largest absolute Gasteiger partial charge is 0.468 e. The average molecular weight is 234 g/mol. The molecular formula is C14H22N2O. The van der Waals surface area contributed by atoms with E-state index >= 15 is 0 Å². The number of rotatable bonds is 2. The first-order valence-electron chi connectivity index (χ1n) is 6.90. The SMILES string of the molecule is c1coc(CN2CCCN3CCCCC3C2)c1. The van der Waals surface area contributed by atoms with Crippen LogP contribution in [0.1, 0.15) is 31.4 Å². The molecule has 0 radical (unpaired) electrons. The Balaban J connectivity index is 1.62. The summed E-state index contributed by atoms with van der Waals surface area (Å²) in [4.78, 5) is 5.26. The highest BCUT2D eigenvalue weighted by atomic mass is 16.3. The molecule has 0 amide bonds. The zero-order chi connectivity index (χ0) is 11.5. The number of hydrogen-bond donors (Lipinski definition) is 0. The highest BCUT2D eigenvalue weighted by molar-refractivity contribution is 4.98. The van der Waals surface area contributed by atoms with Gasteiger partial charge in [0.05, 0.1) is 12.8 Å². The van der Waals surface area contributed by atoms with Crippen molar-refractivity contribution in [3.8, 4) is 0 Å². The van der Waals surface area contributed by atoms with Gasteiger partial charge in [-0.25, -0.2) is 0 Å². The molecule has 1 unspecified atom stereocenters. The van der Waals surface area contributed by atoms with Gasteiger partial charge < -0.3 is 4.42 Å². The van der Waals surface area contributed by atoms with Crippen molar-refractivity contribution in [3.63, 3.8) is 0 Å². The summed E-state index contributed by atoms with van der Waals surface area (Å²) in [7, 11) is 0. The van der Waals surface area contributed by atoms with Crippen LogP contribution in [-0.2, 0) is 6.54 Å². The van der Waals surface area contributed by atoms with Crippen LogP contribution < -0.4 is 0 Å². The smallest absolute Gasteiger partial charge is 0.117 e. The lowest BCUT2D eigenvalue weighted by Crippen LogP contribution is -2.43. The Labute approximate surface area is 103 Å². The van der Waals surface area contributed by atoms with Gasteiger partial charge in [-0.3, -0.25) is 9.80 Å². The van der Waals surface area contributed by atoms with Gasteiger partial charge in [0.2, 0.25) is 0 Å². The molecule has 2 aliphatic rings. The Morgan fingerprint density at radius 2 is 2.12 bits per heavy atom. The average Bonchev–Trinajstić information content (AvgIpc) is 2.76. The highest BCUT2D eigenvalue weighted by Gasteiger charge is 2.27. The quantitative estimate of drug-likeness (QED) is 0.783. The highest BCUT2D eigenvalue weighted by Crippen LogP contribution is 2.21. The zero-order valence-electron chi connectivity index (χ0n) is 10.5. The van der Waals surface area contributed by atoms with Crippen molar-refractivity contribution in [1.29, 1.82) is 0 Å². The maximum atomic E-state index is 5.46. The Morgan fingerprint density at radius 3 is 3.00 bits per heavy atom. The molecule has 1 aromatic heterocycles. The molecule has 0 aromatic carbocycles. The molecule has 17 heavy (non-hydrogen) atoms. The minimum absolute atomic E-state index is 0.793. The molecule has 0 bridgehead atoms. The summed E-state index contributed by atoms with van der Waals surface area (Å²) in [6.07, 6.45) is 7.27. The molecule has 3 heteroatoms. The summed E-state index contributed by atoms with van der Waals surface area (Å²) in [6, 6.07) is 4.87. The topological polar surface area (TPSA) is 19.6 Å². The normalized spacial score (nSPS) is 27.6. The lowest BCUT2D eigenvalue weighted by molar-refractivity contribution is 0.132. The minimum atomic E-state index is 0.793. The lowest BCUT2D eigenvalue weighted by atomic mass is 10.0. The van der Waals surface area contributed by atoms with E-state index < -0.39 is 0 Å². The van der Waals surface area contributed by atoms with E-state index in [9.17, 15) is 0 Å². The summed E-state index contributed by atoms with van der Waals surface area (Å²) in [5.41, 5.74) is 0. The fraction of sp³-hybridized carbons (Fsp3) is 0.714. The van der Waals surface area contributed by atoms with Crippen molar-refractivity contribution in [2.45, 2.75) is 38.3 Å². The molecule has 94 valence electrons. The molecule has 0 aliphatic carbocycles. The summed E-state index contributed by atoms with van der Waals surface area (Å²) in [5.74, 6) is 1.11. The third kappa shape index (κ3) is 2.72. The number of fused-ring (bicyclic) bond motifs is 1. The van der Waals surface area contributed by atoms with E-state index in [1.165, 1.54) is 51.9 Å². The third-order valence-electron chi connectivity index (χ3n) is 4.10. The van der Waals surface area contributed by atoms with E-state index in [0.717, 1.165) is 18.3 Å². The van der Waals surface area contributed by atoms with Gasteiger partial charge in [0.15, 0.2) is 0 Å². The van der Waals surface area contributed by atoms with E-state index in [1.807, 2.05) is 6.07 Å². The fourth-order valence-corrected chi connectivity index (χ4v) is 3.21. The molecule has 2 saturated heterocycles. The van der Waals surface area contributed by atoms with Crippen molar-refractivity contribution in [1.82, 2.24) is 9.80 Å². The van der Waals surface area contributed by atoms with E-state index in [-0.39, 0.29) is 0 Å². The van der Waals surface area contributed by atoms with Gasteiger partial charge in [-0.2, -0.15) is 0 Å². The molecule has 0 spiro atoms. The van der Waals surface area contributed by atoms with Crippen LogP contribution in [0.5, 0.6) is 0 Å². The molecular weight excluding hydrogens is 212 g/mol. The number of nitrogens with zero attached hydrogens (tertiary/aromatic N) is 2. The van der Waals surface area contributed by atoms with E-state index in [4.69, 9.17) is 4.42 Å². The third-order valence-corrected chi connectivity index (χ3v) is 4.10. The Bertz CT molecular complexity index is 336. The van der Waals surface area contributed by atoms with Crippen LogP contribution in [0.4, 0.5) is 0 Å². The van der Waals surface area contributed by atoms with Gasteiger partial charge in [0.1, 0.15) is 5.76 Å². The first-order chi connectivity index (χ1) is 8.42. The predicted octanol–water partition coefficient (Wildman–Crippen LogP) is 2.34. The molecule has 1 atom stereocenters. The van der Waals surface area contributed by atoms with Crippen LogP contribution in [-0.4, -0.2) is 42.0 Å². The van der Waals surface area contributed by atoms with Gasteiger partial charge in [-0.1, -0.05) is 6.42 Å². The van der Waals surface area contributed by atoms with Gasteiger partial charge in [-0.15, -0.1) is 0 Å². The molecule has 1 aromatic rings. The summed E-state index contributed by atoms with van der Waals surface area (Å²) < 4.78 is 5.46. The van der Waals surface area contributed by atoms with Crippen molar-refractivity contribution in [3.05, 3.63) is 24.2 Å². The molecule has 2 fully saturated rings. The van der Waals surface area contributed by atoms with Crippen LogP contribution in [0, 0.1) is 0 Å². The van der Waals surface area contributed by atoms with Gasteiger partial charge in [-0.05, 0) is 51.0 Å². The molecule has 3 heterocycles. The maximum Gasteiger partial charge on any atom is 0.117 e. The summed E-state index contributed by atoms with van der Waals surface area (Å²) in [6.45, 7) is 6.03. The molecule has 2 aliphatic heterocycles. The first kappa shape index (κ1) is 11.3. The number of furan rings is 1. The molecule has 0 N–H and O–H groups in total. The van der Waals surface area contributed by atoms with Gasteiger partial charge in [0, 0.05) is 12.6 Å². The number of piperidine rings is 1. The number of hydrogen-bond acceptors (Lipinski definition) is 3. The first-order valence-corrected chi connectivity index (χ1v) is 6.90. The van der Waals surface area contributed by atoms with Crippen LogP contribution in [0.25, 0.3) is 0 Å². The molecule has 3 rings (SSSR count). The summed E-state index contributed by atoms with van der Waals surface area (Å²) in [5, 5.41) is 0. The second kappa shape index (κ2) is 5.23. The van der Waals surface area contributed by atoms with Crippen molar-refractivity contribution >= 4 is 0 Å². The van der Waals surface area contributed by atoms with Crippen molar-refractivity contribution in [2.75, 3.05) is 26.2 Å². The molecule has 3 nitrogen and oxygen atoms in total. The monoisotopic (exact) mass is 234 g/mol. The van der Waals surface area contributed by atoms with Crippen LogP contribution in [0.2, 0.25) is 0 Å². The van der Waals surface area contributed by atoms with Crippen LogP contribution >= 0.6 is 0 Å². The Morgan fingerprint density at radius 1 is 1.18 bits per heavy atom. The zero-order valence-corrected chi connectivity index (χ0v) is 10.5.